The molecule has 1 aliphatic rings. The number of aliphatic carboxylic acids is 1. The Bertz CT molecular complexity index is 967. The van der Waals surface area contributed by atoms with Crippen molar-refractivity contribution < 1.29 is 44.2 Å². The number of halogens is 2. The van der Waals surface area contributed by atoms with Crippen molar-refractivity contribution in [2.24, 2.45) is 0 Å². The summed E-state index contributed by atoms with van der Waals surface area (Å²) in [5.74, 6) is -1.87. The minimum Gasteiger partial charge on any atom is -0.479 e. The molecule has 11 heteroatoms. The van der Waals surface area contributed by atoms with Crippen LogP contribution in [0.1, 0.15) is 5.56 Å². The summed E-state index contributed by atoms with van der Waals surface area (Å²) in [5.41, 5.74) is 0.402. The molecule has 9 nitrogen and oxygen atoms in total. The molecule has 2 aromatic carbocycles. The SMILES string of the molecule is O=C(Cc1ccccc1Oc1ccc(Cl)cc1Cl)O[C@@H]1O[C@H](C(=O)O)[C@@H](O)[C@H](O)[C@H]1O. The van der Waals surface area contributed by atoms with Crippen molar-refractivity contribution in [1.82, 2.24) is 0 Å². The Morgan fingerprint density at radius 3 is 2.35 bits per heavy atom. The van der Waals surface area contributed by atoms with Gasteiger partial charge in [-0.3, -0.25) is 4.79 Å². The van der Waals surface area contributed by atoms with E-state index in [-0.39, 0.29) is 11.4 Å². The molecule has 0 bridgehead atoms. The third-order valence-electron chi connectivity index (χ3n) is 4.48. The molecule has 1 aliphatic heterocycles. The number of ether oxygens (including phenoxy) is 3. The van der Waals surface area contributed by atoms with Gasteiger partial charge in [0.25, 0.3) is 0 Å². The van der Waals surface area contributed by atoms with E-state index in [1.54, 1.807) is 36.4 Å². The molecule has 0 aromatic heterocycles. The molecule has 1 heterocycles. The monoisotopic (exact) mass is 472 g/mol. The van der Waals surface area contributed by atoms with Gasteiger partial charge in [0, 0.05) is 10.6 Å². The molecule has 0 radical (unpaired) electrons. The lowest BCUT2D eigenvalue weighted by atomic mass is 9.99. The highest BCUT2D eigenvalue weighted by atomic mass is 35.5. The minimum atomic E-state index is -1.89. The van der Waals surface area contributed by atoms with E-state index in [1.165, 1.54) is 6.07 Å². The molecule has 0 aliphatic carbocycles. The van der Waals surface area contributed by atoms with Gasteiger partial charge in [-0.25, -0.2) is 4.79 Å². The molecule has 0 spiro atoms. The molecular formula is C20H18Cl2O9. The number of carboxylic acid groups (broad SMARTS) is 1. The van der Waals surface area contributed by atoms with Gasteiger partial charge in [0.2, 0.25) is 6.29 Å². The molecule has 31 heavy (non-hydrogen) atoms. The van der Waals surface area contributed by atoms with E-state index in [0.717, 1.165) is 0 Å². The van der Waals surface area contributed by atoms with Gasteiger partial charge in [-0.15, -0.1) is 0 Å². The number of rotatable bonds is 6. The number of esters is 1. The van der Waals surface area contributed by atoms with E-state index < -0.39 is 42.6 Å². The van der Waals surface area contributed by atoms with Crippen LogP contribution in [0.3, 0.4) is 0 Å². The number of hydrogen-bond acceptors (Lipinski definition) is 8. The van der Waals surface area contributed by atoms with Gasteiger partial charge in [0.1, 0.15) is 29.8 Å². The zero-order chi connectivity index (χ0) is 22.7. The topological polar surface area (TPSA) is 143 Å². The Hall–Kier alpha value is -2.40. The first-order valence-electron chi connectivity index (χ1n) is 9.00. The van der Waals surface area contributed by atoms with Crippen molar-refractivity contribution in [3.05, 3.63) is 58.1 Å². The largest absolute Gasteiger partial charge is 0.479 e. The maximum atomic E-state index is 12.4. The summed E-state index contributed by atoms with van der Waals surface area (Å²) in [7, 11) is 0. The summed E-state index contributed by atoms with van der Waals surface area (Å²) >= 11 is 12.0. The molecule has 2 aromatic rings. The maximum Gasteiger partial charge on any atom is 0.335 e. The van der Waals surface area contributed by atoms with Gasteiger partial charge >= 0.3 is 11.9 Å². The molecule has 3 rings (SSSR count). The lowest BCUT2D eigenvalue weighted by molar-refractivity contribution is -0.286. The Kier molecular flexibility index (Phi) is 7.37. The summed E-state index contributed by atoms with van der Waals surface area (Å²) in [6, 6.07) is 11.2. The fraction of sp³-hybridized carbons (Fsp3) is 0.300. The second-order valence-electron chi connectivity index (χ2n) is 6.69. The van der Waals surface area contributed by atoms with Gasteiger partial charge < -0.3 is 34.6 Å². The van der Waals surface area contributed by atoms with E-state index in [1.807, 2.05) is 0 Å². The minimum absolute atomic E-state index is 0.260. The Labute approximate surface area is 186 Å². The number of carbonyl (C=O) groups is 2. The molecular weight excluding hydrogens is 455 g/mol. The summed E-state index contributed by atoms with van der Waals surface area (Å²) in [6.07, 6.45) is -9.60. The van der Waals surface area contributed by atoms with Gasteiger partial charge in [-0.05, 0) is 24.3 Å². The zero-order valence-corrected chi connectivity index (χ0v) is 17.2. The van der Waals surface area contributed by atoms with E-state index in [4.69, 9.17) is 42.5 Å². The molecule has 4 N–H and O–H groups in total. The van der Waals surface area contributed by atoms with Gasteiger partial charge in [0.15, 0.2) is 6.10 Å². The highest BCUT2D eigenvalue weighted by molar-refractivity contribution is 6.35. The standard InChI is InChI=1S/C20H18Cl2O9/c21-10-5-6-13(11(22)8-10)29-12-4-2-1-3-9(12)7-14(23)30-20-17(26)15(24)16(25)18(31-20)19(27)28/h1-6,8,15-18,20,24-26H,7H2,(H,27,28)/t15-,16-,17+,18-,20+/m0/s1. The Morgan fingerprint density at radius 2 is 1.68 bits per heavy atom. The van der Waals surface area contributed by atoms with Crippen molar-refractivity contribution in [3.63, 3.8) is 0 Å². The van der Waals surface area contributed by atoms with Crippen LogP contribution in [0.4, 0.5) is 0 Å². The number of carboxylic acids is 1. The summed E-state index contributed by atoms with van der Waals surface area (Å²) in [5, 5.41) is 39.2. The average Bonchev–Trinajstić information content (AvgIpc) is 2.71. The van der Waals surface area contributed by atoms with Crippen LogP contribution in [0.15, 0.2) is 42.5 Å². The Morgan fingerprint density at radius 1 is 0.968 bits per heavy atom. The number of carbonyl (C=O) groups excluding carboxylic acids is 1. The zero-order valence-electron chi connectivity index (χ0n) is 15.7. The van der Waals surface area contributed by atoms with E-state index >= 15 is 0 Å². The van der Waals surface area contributed by atoms with Crippen LogP contribution < -0.4 is 4.74 Å². The lowest BCUT2D eigenvalue weighted by Crippen LogP contribution is -2.60. The first kappa shape index (κ1) is 23.3. The highest BCUT2D eigenvalue weighted by Crippen LogP contribution is 2.33. The summed E-state index contributed by atoms with van der Waals surface area (Å²) in [4.78, 5) is 23.6. The highest BCUT2D eigenvalue weighted by Gasteiger charge is 2.48. The first-order valence-corrected chi connectivity index (χ1v) is 9.75. The molecule has 1 saturated heterocycles. The quantitative estimate of drug-likeness (QED) is 0.462. The summed E-state index contributed by atoms with van der Waals surface area (Å²) in [6.45, 7) is 0. The van der Waals surface area contributed by atoms with Crippen LogP contribution in [0.25, 0.3) is 0 Å². The van der Waals surface area contributed by atoms with Gasteiger partial charge in [0.05, 0.1) is 11.4 Å². The maximum absolute atomic E-state index is 12.4. The fourth-order valence-electron chi connectivity index (χ4n) is 2.90. The number of benzene rings is 2. The van der Waals surface area contributed by atoms with Crippen LogP contribution in [0, 0.1) is 0 Å². The Balaban J connectivity index is 1.71. The number of para-hydroxylation sites is 1. The second-order valence-corrected chi connectivity index (χ2v) is 7.53. The second kappa shape index (κ2) is 9.82. The lowest BCUT2D eigenvalue weighted by Gasteiger charge is -2.37. The predicted molar refractivity (Wildman–Crippen MR) is 107 cm³/mol. The van der Waals surface area contributed by atoms with Crippen molar-refractivity contribution >= 4 is 35.1 Å². The van der Waals surface area contributed by atoms with Crippen LogP contribution in [-0.4, -0.2) is 63.1 Å². The molecule has 0 amide bonds. The molecule has 1 fully saturated rings. The molecule has 166 valence electrons. The van der Waals surface area contributed by atoms with Crippen molar-refractivity contribution in [2.45, 2.75) is 37.1 Å². The van der Waals surface area contributed by atoms with Crippen molar-refractivity contribution in [3.8, 4) is 11.5 Å². The fourth-order valence-corrected chi connectivity index (χ4v) is 3.35. The average molecular weight is 473 g/mol. The molecule has 5 atom stereocenters. The van der Waals surface area contributed by atoms with E-state index in [0.29, 0.717) is 22.1 Å². The molecule has 0 saturated carbocycles. The number of hydrogen-bond donors (Lipinski definition) is 4. The van der Waals surface area contributed by atoms with Crippen LogP contribution in [0.2, 0.25) is 10.0 Å². The first-order chi connectivity index (χ1) is 14.7. The van der Waals surface area contributed by atoms with Crippen molar-refractivity contribution in [1.29, 1.82) is 0 Å². The van der Waals surface area contributed by atoms with Crippen LogP contribution in [0.5, 0.6) is 11.5 Å². The third kappa shape index (κ3) is 5.45. The number of aliphatic hydroxyl groups excluding tert-OH is 3. The smallest absolute Gasteiger partial charge is 0.335 e. The normalized spacial score (nSPS) is 25.6. The van der Waals surface area contributed by atoms with Crippen molar-refractivity contribution in [2.75, 3.05) is 0 Å². The summed E-state index contributed by atoms with van der Waals surface area (Å²) < 4.78 is 15.7. The van der Waals surface area contributed by atoms with E-state index in [9.17, 15) is 24.9 Å². The van der Waals surface area contributed by atoms with E-state index in [2.05, 4.69) is 0 Å². The third-order valence-corrected chi connectivity index (χ3v) is 5.01. The molecule has 0 unspecified atom stereocenters. The number of aliphatic hydroxyl groups is 3. The van der Waals surface area contributed by atoms with Gasteiger partial charge in [-0.1, -0.05) is 41.4 Å². The van der Waals surface area contributed by atoms with Gasteiger partial charge in [-0.2, -0.15) is 0 Å². The van der Waals surface area contributed by atoms with Crippen LogP contribution in [-0.2, 0) is 25.5 Å². The van der Waals surface area contributed by atoms with Crippen LogP contribution >= 0.6 is 23.2 Å². The predicted octanol–water partition coefficient (Wildman–Crippen LogP) is 1.76.